The third-order valence-electron chi connectivity index (χ3n) is 2.92. The molecule has 0 unspecified atom stereocenters. The van der Waals surface area contributed by atoms with Crippen molar-refractivity contribution in [3.05, 3.63) is 5.01 Å². The Labute approximate surface area is 82.5 Å². The zero-order valence-electron chi connectivity index (χ0n) is 7.92. The van der Waals surface area contributed by atoms with E-state index in [9.17, 15) is 0 Å². The van der Waals surface area contributed by atoms with Crippen molar-refractivity contribution in [3.63, 3.8) is 0 Å². The van der Waals surface area contributed by atoms with Gasteiger partial charge < -0.3 is 5.73 Å². The maximum absolute atomic E-state index is 5.53. The van der Waals surface area contributed by atoms with Crippen molar-refractivity contribution in [3.8, 4) is 0 Å². The van der Waals surface area contributed by atoms with Crippen LogP contribution in [-0.2, 0) is 5.41 Å². The molecule has 0 amide bonds. The van der Waals surface area contributed by atoms with Crippen LogP contribution in [0.25, 0.3) is 0 Å². The van der Waals surface area contributed by atoms with Crippen LogP contribution in [-0.4, -0.2) is 9.36 Å². The highest BCUT2D eigenvalue weighted by atomic mass is 32.1. The fraction of sp³-hybridized carbons (Fsp3) is 0.778. The van der Waals surface area contributed by atoms with Crippen molar-refractivity contribution in [2.45, 2.75) is 44.4 Å². The third kappa shape index (κ3) is 1.68. The lowest BCUT2D eigenvalue weighted by Crippen LogP contribution is -2.24. The van der Waals surface area contributed by atoms with Gasteiger partial charge in [-0.15, -0.1) is 0 Å². The number of hydrogen-bond donors (Lipinski definition) is 1. The van der Waals surface area contributed by atoms with Crippen LogP contribution in [0, 0.1) is 0 Å². The van der Waals surface area contributed by atoms with Crippen molar-refractivity contribution < 1.29 is 0 Å². The Balaban J connectivity index is 2.22. The van der Waals surface area contributed by atoms with Gasteiger partial charge in [-0.2, -0.15) is 4.37 Å². The molecule has 1 aromatic rings. The van der Waals surface area contributed by atoms with E-state index in [1.807, 2.05) is 0 Å². The summed E-state index contributed by atoms with van der Waals surface area (Å²) in [5, 5.41) is 1.13. The zero-order valence-corrected chi connectivity index (χ0v) is 8.73. The van der Waals surface area contributed by atoms with Gasteiger partial charge in [-0.25, -0.2) is 4.98 Å². The fourth-order valence-corrected chi connectivity index (χ4v) is 2.81. The molecule has 1 aliphatic rings. The number of nitrogen functional groups attached to an aromatic ring is 1. The minimum absolute atomic E-state index is 0.257. The Morgan fingerprint density at radius 1 is 1.31 bits per heavy atom. The van der Waals surface area contributed by atoms with Gasteiger partial charge in [-0.3, -0.25) is 0 Å². The van der Waals surface area contributed by atoms with Gasteiger partial charge in [0.1, 0.15) is 5.01 Å². The number of anilines is 1. The molecule has 13 heavy (non-hydrogen) atoms. The molecule has 2 N–H and O–H groups in total. The molecule has 3 nitrogen and oxygen atoms in total. The van der Waals surface area contributed by atoms with Crippen molar-refractivity contribution in [1.29, 1.82) is 0 Å². The quantitative estimate of drug-likeness (QED) is 0.751. The molecule has 0 atom stereocenters. The highest BCUT2D eigenvalue weighted by Gasteiger charge is 2.31. The van der Waals surface area contributed by atoms with Crippen molar-refractivity contribution in [2.24, 2.45) is 0 Å². The third-order valence-corrected chi connectivity index (χ3v) is 3.95. The Kier molecular flexibility index (Phi) is 2.24. The summed E-state index contributed by atoms with van der Waals surface area (Å²) in [5.74, 6) is 0.437. The van der Waals surface area contributed by atoms with Crippen molar-refractivity contribution in [2.75, 3.05) is 5.73 Å². The summed E-state index contributed by atoms with van der Waals surface area (Å²) in [6, 6.07) is 0. The van der Waals surface area contributed by atoms with Crippen LogP contribution < -0.4 is 5.73 Å². The van der Waals surface area contributed by atoms with Crippen LogP contribution in [0.5, 0.6) is 0 Å². The Bertz CT molecular complexity index is 289. The Morgan fingerprint density at radius 2 is 2.00 bits per heavy atom. The second kappa shape index (κ2) is 3.25. The van der Waals surface area contributed by atoms with E-state index in [0.29, 0.717) is 5.95 Å². The lowest BCUT2D eigenvalue weighted by molar-refractivity contribution is 0.319. The first kappa shape index (κ1) is 8.94. The van der Waals surface area contributed by atoms with E-state index in [-0.39, 0.29) is 5.41 Å². The van der Waals surface area contributed by atoms with E-state index in [0.717, 1.165) is 5.01 Å². The number of aromatic nitrogens is 2. The first-order valence-corrected chi connectivity index (χ1v) is 5.58. The van der Waals surface area contributed by atoms with Crippen molar-refractivity contribution in [1.82, 2.24) is 9.36 Å². The highest BCUT2D eigenvalue weighted by Crippen LogP contribution is 2.39. The Hall–Kier alpha value is -0.640. The number of nitrogens with two attached hydrogens (primary N) is 1. The van der Waals surface area contributed by atoms with Crippen LogP contribution >= 0.6 is 11.5 Å². The minimum atomic E-state index is 0.257. The lowest BCUT2D eigenvalue weighted by atomic mass is 9.76. The minimum Gasteiger partial charge on any atom is -0.367 e. The van der Waals surface area contributed by atoms with Crippen LogP contribution in [0.2, 0.25) is 0 Å². The molecule has 1 heterocycles. The molecule has 0 aromatic carbocycles. The standard InChI is InChI=1S/C9H15N3S/c1-9(5-3-2-4-6-9)7-11-8(10)12-13-7/h2-6H2,1H3,(H2,10,12). The molecule has 0 aliphatic heterocycles. The van der Waals surface area contributed by atoms with E-state index in [1.165, 1.54) is 43.6 Å². The first-order chi connectivity index (χ1) is 6.21. The van der Waals surface area contributed by atoms with Crippen LogP contribution in [0.1, 0.15) is 44.0 Å². The van der Waals surface area contributed by atoms with E-state index < -0.39 is 0 Å². The van der Waals surface area contributed by atoms with Gasteiger partial charge in [0.05, 0.1) is 0 Å². The number of nitrogens with zero attached hydrogens (tertiary/aromatic N) is 2. The molecular formula is C9H15N3S. The summed E-state index contributed by atoms with van der Waals surface area (Å²) >= 11 is 1.47. The summed E-state index contributed by atoms with van der Waals surface area (Å²) < 4.78 is 4.05. The molecule has 4 heteroatoms. The molecular weight excluding hydrogens is 182 g/mol. The molecule has 1 aromatic heterocycles. The molecule has 0 radical (unpaired) electrons. The largest absolute Gasteiger partial charge is 0.367 e. The summed E-state index contributed by atoms with van der Waals surface area (Å²) in [6.07, 6.45) is 6.47. The molecule has 72 valence electrons. The van der Waals surface area contributed by atoms with Gasteiger partial charge in [0.15, 0.2) is 0 Å². The van der Waals surface area contributed by atoms with E-state index in [1.54, 1.807) is 0 Å². The monoisotopic (exact) mass is 197 g/mol. The van der Waals surface area contributed by atoms with Gasteiger partial charge in [0.25, 0.3) is 0 Å². The molecule has 1 aliphatic carbocycles. The van der Waals surface area contributed by atoms with Gasteiger partial charge in [0, 0.05) is 5.41 Å². The summed E-state index contributed by atoms with van der Waals surface area (Å²) in [6.45, 7) is 2.28. The molecule has 0 saturated heterocycles. The fourth-order valence-electron chi connectivity index (χ4n) is 2.03. The second-order valence-corrected chi connectivity index (χ2v) is 4.83. The van der Waals surface area contributed by atoms with Gasteiger partial charge >= 0.3 is 0 Å². The maximum Gasteiger partial charge on any atom is 0.232 e. The average molecular weight is 197 g/mol. The lowest BCUT2D eigenvalue weighted by Gasteiger charge is -2.30. The first-order valence-electron chi connectivity index (χ1n) is 4.80. The second-order valence-electron chi connectivity index (χ2n) is 4.08. The molecule has 0 spiro atoms. The molecule has 1 fully saturated rings. The van der Waals surface area contributed by atoms with Crippen LogP contribution in [0.15, 0.2) is 0 Å². The van der Waals surface area contributed by atoms with Crippen LogP contribution in [0.4, 0.5) is 5.95 Å². The summed E-state index contributed by atoms with van der Waals surface area (Å²) in [5.41, 5.74) is 5.79. The van der Waals surface area contributed by atoms with Crippen molar-refractivity contribution >= 4 is 17.5 Å². The molecule has 2 rings (SSSR count). The number of hydrogen-bond acceptors (Lipinski definition) is 4. The van der Waals surface area contributed by atoms with E-state index in [4.69, 9.17) is 5.73 Å². The summed E-state index contributed by atoms with van der Waals surface area (Å²) in [7, 11) is 0. The van der Waals surface area contributed by atoms with Crippen LogP contribution in [0.3, 0.4) is 0 Å². The molecule has 1 saturated carbocycles. The smallest absolute Gasteiger partial charge is 0.232 e. The van der Waals surface area contributed by atoms with E-state index in [2.05, 4.69) is 16.3 Å². The SMILES string of the molecule is CC1(c2nc(N)ns2)CCCCC1. The average Bonchev–Trinajstić information content (AvgIpc) is 2.54. The summed E-state index contributed by atoms with van der Waals surface area (Å²) in [4.78, 5) is 4.29. The van der Waals surface area contributed by atoms with Gasteiger partial charge in [0.2, 0.25) is 5.95 Å². The highest BCUT2D eigenvalue weighted by molar-refractivity contribution is 7.05. The Morgan fingerprint density at radius 3 is 2.54 bits per heavy atom. The number of rotatable bonds is 1. The maximum atomic E-state index is 5.53. The van der Waals surface area contributed by atoms with Gasteiger partial charge in [-0.1, -0.05) is 26.2 Å². The topological polar surface area (TPSA) is 51.8 Å². The molecule has 0 bridgehead atoms. The predicted molar refractivity (Wildman–Crippen MR) is 54.8 cm³/mol. The zero-order chi connectivity index (χ0) is 9.31. The van der Waals surface area contributed by atoms with E-state index >= 15 is 0 Å². The predicted octanol–water partition coefficient (Wildman–Crippen LogP) is 2.34. The van der Waals surface area contributed by atoms with Gasteiger partial charge in [-0.05, 0) is 24.4 Å². The normalized spacial score (nSPS) is 21.6.